The number of likely N-dealkylation sites (tertiary alicyclic amines) is 1. The lowest BCUT2D eigenvalue weighted by molar-refractivity contribution is 0.0135. The highest BCUT2D eigenvalue weighted by Gasteiger charge is 2.26. The average molecular weight is 406 g/mol. The number of guanidine groups is 1. The molecule has 0 aliphatic carbocycles. The number of nitrogens with zero attached hydrogens (tertiary/aromatic N) is 3. The largest absolute Gasteiger partial charge is 0.465 e. The summed E-state index contributed by atoms with van der Waals surface area (Å²) in [4.78, 5) is 9.94. The molecule has 0 saturated carbocycles. The van der Waals surface area contributed by atoms with Crippen LogP contribution >= 0.6 is 0 Å². The molecule has 2 N–H and O–H groups in total. The lowest BCUT2D eigenvalue weighted by atomic mass is 10.0. The van der Waals surface area contributed by atoms with Gasteiger partial charge in [0.1, 0.15) is 11.5 Å². The van der Waals surface area contributed by atoms with Crippen LogP contribution < -0.4 is 10.6 Å². The minimum Gasteiger partial charge on any atom is -0.465 e. The highest BCUT2D eigenvalue weighted by atomic mass is 16.5. The molecule has 2 aliphatic heterocycles. The molecule has 1 atom stereocenters. The number of hydrogen-bond acceptors (Lipinski definition) is 5. The van der Waals surface area contributed by atoms with Crippen LogP contribution in [0.15, 0.2) is 21.5 Å². The summed E-state index contributed by atoms with van der Waals surface area (Å²) in [5.41, 5.74) is 0. The highest BCUT2D eigenvalue weighted by Crippen LogP contribution is 2.24. The molecule has 2 fully saturated rings. The SMILES string of the molecule is CCNC(=NCC(c1ccc(C)o1)N1CCOCC1)NC1CCN(C(C)C)CC1. The number of hydrogen-bond donors (Lipinski definition) is 2. The molecule has 3 rings (SSSR count). The summed E-state index contributed by atoms with van der Waals surface area (Å²) in [6, 6.07) is 5.39. The Morgan fingerprint density at radius 3 is 2.45 bits per heavy atom. The van der Waals surface area contributed by atoms with E-state index in [9.17, 15) is 0 Å². The molecule has 0 aromatic carbocycles. The number of aryl methyl sites for hydroxylation is 1. The lowest BCUT2D eigenvalue weighted by Gasteiger charge is -2.35. The van der Waals surface area contributed by atoms with Crippen molar-refractivity contribution in [2.45, 2.75) is 58.7 Å². The molecular weight excluding hydrogens is 366 g/mol. The number of rotatable bonds is 7. The summed E-state index contributed by atoms with van der Waals surface area (Å²) >= 11 is 0. The summed E-state index contributed by atoms with van der Waals surface area (Å²) in [7, 11) is 0. The summed E-state index contributed by atoms with van der Waals surface area (Å²) in [5, 5.41) is 7.10. The predicted octanol–water partition coefficient (Wildman–Crippen LogP) is 2.39. The maximum atomic E-state index is 5.98. The van der Waals surface area contributed by atoms with Gasteiger partial charge in [-0.25, -0.2) is 0 Å². The fourth-order valence-corrected chi connectivity index (χ4v) is 4.16. The van der Waals surface area contributed by atoms with Gasteiger partial charge in [0.05, 0.1) is 25.8 Å². The van der Waals surface area contributed by atoms with E-state index in [0.717, 1.165) is 76.3 Å². The molecule has 3 heterocycles. The number of ether oxygens (including phenoxy) is 1. The maximum absolute atomic E-state index is 5.98. The first kappa shape index (κ1) is 22.1. The van der Waals surface area contributed by atoms with Crippen LogP contribution in [-0.2, 0) is 4.74 Å². The van der Waals surface area contributed by atoms with Crippen LogP contribution in [0.25, 0.3) is 0 Å². The van der Waals surface area contributed by atoms with E-state index < -0.39 is 0 Å². The van der Waals surface area contributed by atoms with Gasteiger partial charge in [-0.05, 0) is 52.7 Å². The molecule has 0 amide bonds. The van der Waals surface area contributed by atoms with Gasteiger partial charge >= 0.3 is 0 Å². The Labute approximate surface area is 175 Å². The monoisotopic (exact) mass is 405 g/mol. The number of furan rings is 1. The second-order valence-corrected chi connectivity index (χ2v) is 8.38. The van der Waals surface area contributed by atoms with Crippen LogP contribution in [0.2, 0.25) is 0 Å². The molecule has 0 radical (unpaired) electrons. The van der Waals surface area contributed by atoms with E-state index in [1.54, 1.807) is 0 Å². The number of aliphatic imine (C=N–C) groups is 1. The third-order valence-electron chi connectivity index (χ3n) is 5.94. The zero-order valence-corrected chi connectivity index (χ0v) is 18.6. The van der Waals surface area contributed by atoms with E-state index in [4.69, 9.17) is 14.1 Å². The third kappa shape index (κ3) is 6.46. The Balaban J connectivity index is 1.64. The normalized spacial score (nSPS) is 21.5. The second-order valence-electron chi connectivity index (χ2n) is 8.38. The van der Waals surface area contributed by atoms with Crippen molar-refractivity contribution >= 4 is 5.96 Å². The van der Waals surface area contributed by atoms with Crippen molar-refractivity contribution in [1.82, 2.24) is 20.4 Å². The van der Waals surface area contributed by atoms with Crippen LogP contribution in [0, 0.1) is 6.92 Å². The van der Waals surface area contributed by atoms with Crippen LogP contribution in [0.1, 0.15) is 51.2 Å². The van der Waals surface area contributed by atoms with E-state index in [1.807, 2.05) is 13.0 Å². The third-order valence-corrected chi connectivity index (χ3v) is 5.94. The number of nitrogens with one attached hydrogen (secondary N) is 2. The Kier molecular flexibility index (Phi) is 8.39. The topological polar surface area (TPSA) is 65.3 Å². The minimum absolute atomic E-state index is 0.144. The van der Waals surface area contributed by atoms with E-state index in [1.165, 1.54) is 0 Å². The molecule has 7 heteroatoms. The summed E-state index contributed by atoms with van der Waals surface area (Å²) < 4.78 is 11.5. The van der Waals surface area contributed by atoms with Crippen LogP contribution in [0.3, 0.4) is 0 Å². The molecule has 7 nitrogen and oxygen atoms in total. The molecular formula is C22H39N5O2. The lowest BCUT2D eigenvalue weighted by Crippen LogP contribution is -2.50. The van der Waals surface area contributed by atoms with E-state index in [2.05, 4.69) is 47.3 Å². The first-order chi connectivity index (χ1) is 14.1. The Bertz CT molecular complexity index is 631. The molecule has 1 unspecified atom stereocenters. The van der Waals surface area contributed by atoms with Gasteiger partial charge in [-0.2, -0.15) is 0 Å². The second kappa shape index (κ2) is 11.0. The van der Waals surface area contributed by atoms with Gasteiger partial charge < -0.3 is 24.7 Å². The first-order valence-electron chi connectivity index (χ1n) is 11.2. The number of morpholine rings is 1. The molecule has 1 aromatic heterocycles. The van der Waals surface area contributed by atoms with Crippen molar-refractivity contribution in [1.29, 1.82) is 0 Å². The van der Waals surface area contributed by atoms with Gasteiger partial charge in [0, 0.05) is 44.8 Å². The van der Waals surface area contributed by atoms with Gasteiger partial charge in [0.2, 0.25) is 0 Å². The fraction of sp³-hybridized carbons (Fsp3) is 0.773. The van der Waals surface area contributed by atoms with Crippen molar-refractivity contribution in [3.05, 3.63) is 23.7 Å². The predicted molar refractivity (Wildman–Crippen MR) is 117 cm³/mol. The molecule has 164 valence electrons. The molecule has 0 bridgehead atoms. The number of piperidine rings is 1. The van der Waals surface area contributed by atoms with Crippen molar-refractivity contribution < 1.29 is 9.15 Å². The minimum atomic E-state index is 0.144. The van der Waals surface area contributed by atoms with Crippen molar-refractivity contribution in [2.24, 2.45) is 4.99 Å². The van der Waals surface area contributed by atoms with E-state index in [-0.39, 0.29) is 6.04 Å². The van der Waals surface area contributed by atoms with Crippen LogP contribution in [0.5, 0.6) is 0 Å². The zero-order valence-electron chi connectivity index (χ0n) is 18.6. The Hall–Kier alpha value is -1.57. The van der Waals surface area contributed by atoms with E-state index in [0.29, 0.717) is 18.6 Å². The van der Waals surface area contributed by atoms with Gasteiger partial charge in [-0.15, -0.1) is 0 Å². The van der Waals surface area contributed by atoms with Gasteiger partial charge in [0.25, 0.3) is 0 Å². The molecule has 1 aromatic rings. The quantitative estimate of drug-likeness (QED) is 0.536. The molecule has 29 heavy (non-hydrogen) atoms. The summed E-state index contributed by atoms with van der Waals surface area (Å²) in [5.74, 6) is 2.86. The van der Waals surface area contributed by atoms with Gasteiger partial charge in [-0.1, -0.05) is 0 Å². The highest BCUT2D eigenvalue weighted by molar-refractivity contribution is 5.80. The smallest absolute Gasteiger partial charge is 0.191 e. The maximum Gasteiger partial charge on any atom is 0.191 e. The zero-order chi connectivity index (χ0) is 20.6. The molecule has 0 spiro atoms. The Morgan fingerprint density at radius 2 is 1.86 bits per heavy atom. The van der Waals surface area contributed by atoms with Gasteiger partial charge in [-0.3, -0.25) is 9.89 Å². The summed E-state index contributed by atoms with van der Waals surface area (Å²) in [6.07, 6.45) is 2.32. The first-order valence-corrected chi connectivity index (χ1v) is 11.2. The van der Waals surface area contributed by atoms with Crippen molar-refractivity contribution in [3.8, 4) is 0 Å². The van der Waals surface area contributed by atoms with E-state index >= 15 is 0 Å². The average Bonchev–Trinajstić information content (AvgIpc) is 3.15. The van der Waals surface area contributed by atoms with Crippen LogP contribution in [0.4, 0.5) is 0 Å². The van der Waals surface area contributed by atoms with Crippen molar-refractivity contribution in [3.63, 3.8) is 0 Å². The van der Waals surface area contributed by atoms with Crippen LogP contribution in [-0.4, -0.2) is 80.3 Å². The molecule has 2 aliphatic rings. The fourth-order valence-electron chi connectivity index (χ4n) is 4.16. The summed E-state index contributed by atoms with van der Waals surface area (Å²) in [6.45, 7) is 15.9. The molecule has 2 saturated heterocycles. The standard InChI is InChI=1S/C22H39N5O2/c1-5-23-22(25-19-8-10-26(11-9-19)17(2)3)24-16-20(21-7-6-18(4)29-21)27-12-14-28-15-13-27/h6-7,17,19-20H,5,8-16H2,1-4H3,(H2,23,24,25). The van der Waals surface area contributed by atoms with Crippen molar-refractivity contribution in [2.75, 3.05) is 52.5 Å². The van der Waals surface area contributed by atoms with Gasteiger partial charge in [0.15, 0.2) is 5.96 Å². The Morgan fingerprint density at radius 1 is 1.14 bits per heavy atom.